The van der Waals surface area contributed by atoms with Crippen LogP contribution in [0.5, 0.6) is 0 Å². The van der Waals surface area contributed by atoms with Gasteiger partial charge in [-0.1, -0.05) is 12.2 Å². The van der Waals surface area contributed by atoms with Crippen molar-refractivity contribution in [2.45, 2.75) is 0 Å². The Labute approximate surface area is 63.2 Å². The van der Waals surface area contributed by atoms with Gasteiger partial charge in [-0.05, 0) is 13.2 Å². The molecule has 0 fully saturated rings. The molecule has 0 radical (unpaired) electrons. The summed E-state index contributed by atoms with van der Waals surface area (Å²) in [6, 6.07) is 0. The van der Waals surface area contributed by atoms with E-state index in [9.17, 15) is 0 Å². The molecule has 2 heteroatoms. The molecule has 0 rings (SSSR count). The van der Waals surface area contributed by atoms with Crippen LogP contribution in [-0.2, 0) is 0 Å². The zero-order chi connectivity index (χ0) is 7.82. The summed E-state index contributed by atoms with van der Waals surface area (Å²) >= 11 is 0. The lowest BCUT2D eigenvalue weighted by Gasteiger charge is -2.09. The molecule has 0 aromatic carbocycles. The molecule has 0 amide bonds. The number of hydrogen-bond donors (Lipinski definition) is 1. The molecule has 0 aliphatic rings. The Morgan fingerprint density at radius 3 is 2.70 bits per heavy atom. The van der Waals surface area contributed by atoms with Gasteiger partial charge in [0.1, 0.15) is 0 Å². The van der Waals surface area contributed by atoms with Gasteiger partial charge in [-0.2, -0.15) is 0 Å². The molecule has 0 unspecified atom stereocenters. The first-order chi connectivity index (χ1) is 4.81. The van der Waals surface area contributed by atoms with E-state index >= 15 is 0 Å². The van der Waals surface area contributed by atoms with Gasteiger partial charge < -0.3 is 5.32 Å². The van der Waals surface area contributed by atoms with Crippen molar-refractivity contribution in [3.63, 3.8) is 0 Å². The lowest BCUT2D eigenvalue weighted by atomic mass is 10.5. The van der Waals surface area contributed by atoms with Crippen LogP contribution in [0.3, 0.4) is 0 Å². The van der Waals surface area contributed by atoms with Gasteiger partial charge in [0.2, 0.25) is 0 Å². The SMILES string of the molecule is C=CCN(C)C/C=C\NC. The fourth-order valence-electron chi connectivity index (χ4n) is 0.645. The third-order valence-corrected chi connectivity index (χ3v) is 1.14. The van der Waals surface area contributed by atoms with Crippen LogP contribution in [0.15, 0.2) is 24.9 Å². The Kier molecular flexibility index (Phi) is 5.88. The van der Waals surface area contributed by atoms with Gasteiger partial charge in [0, 0.05) is 20.1 Å². The summed E-state index contributed by atoms with van der Waals surface area (Å²) in [5.74, 6) is 0. The van der Waals surface area contributed by atoms with Crippen molar-refractivity contribution < 1.29 is 0 Å². The lowest BCUT2D eigenvalue weighted by Crippen LogP contribution is -2.18. The number of rotatable bonds is 5. The average Bonchev–Trinajstić information content (AvgIpc) is 1.89. The molecule has 0 saturated carbocycles. The van der Waals surface area contributed by atoms with E-state index in [1.165, 1.54) is 0 Å². The van der Waals surface area contributed by atoms with Gasteiger partial charge >= 0.3 is 0 Å². The van der Waals surface area contributed by atoms with E-state index in [1.54, 1.807) is 0 Å². The summed E-state index contributed by atoms with van der Waals surface area (Å²) in [4.78, 5) is 2.17. The van der Waals surface area contributed by atoms with Crippen LogP contribution in [0, 0.1) is 0 Å². The van der Waals surface area contributed by atoms with Crippen LogP contribution in [0.2, 0.25) is 0 Å². The molecule has 0 aromatic rings. The first kappa shape index (κ1) is 9.24. The van der Waals surface area contributed by atoms with E-state index < -0.39 is 0 Å². The molecule has 2 nitrogen and oxygen atoms in total. The fraction of sp³-hybridized carbons (Fsp3) is 0.500. The highest BCUT2D eigenvalue weighted by Gasteiger charge is 1.87. The highest BCUT2D eigenvalue weighted by molar-refractivity contribution is 4.83. The summed E-state index contributed by atoms with van der Waals surface area (Å²) in [7, 11) is 3.95. The smallest absolute Gasteiger partial charge is 0.0180 e. The summed E-state index contributed by atoms with van der Waals surface area (Å²) < 4.78 is 0. The second kappa shape index (κ2) is 6.36. The summed E-state index contributed by atoms with van der Waals surface area (Å²) in [6.45, 7) is 5.55. The first-order valence-corrected chi connectivity index (χ1v) is 3.43. The summed E-state index contributed by atoms with van der Waals surface area (Å²) in [6.07, 6.45) is 5.90. The highest BCUT2D eigenvalue weighted by Crippen LogP contribution is 1.81. The lowest BCUT2D eigenvalue weighted by molar-refractivity contribution is 0.412. The standard InChI is InChI=1S/C8H16N2/c1-4-7-10(3)8-5-6-9-2/h4-6,9H,1,7-8H2,2-3H3/b6-5-. The molecule has 0 spiro atoms. The maximum absolute atomic E-state index is 3.65. The average molecular weight is 140 g/mol. The molecule has 0 saturated heterocycles. The van der Waals surface area contributed by atoms with Gasteiger partial charge in [-0.3, -0.25) is 4.90 Å². The molecule has 10 heavy (non-hydrogen) atoms. The fourth-order valence-corrected chi connectivity index (χ4v) is 0.645. The molecule has 0 atom stereocenters. The van der Waals surface area contributed by atoms with Crippen molar-refractivity contribution in [2.75, 3.05) is 27.2 Å². The molecular weight excluding hydrogens is 124 g/mol. The van der Waals surface area contributed by atoms with Gasteiger partial charge in [0.25, 0.3) is 0 Å². The number of hydrogen-bond acceptors (Lipinski definition) is 2. The number of nitrogens with zero attached hydrogens (tertiary/aromatic N) is 1. The zero-order valence-electron chi connectivity index (χ0n) is 6.80. The molecule has 0 bridgehead atoms. The van der Waals surface area contributed by atoms with Crippen molar-refractivity contribution in [1.29, 1.82) is 0 Å². The summed E-state index contributed by atoms with van der Waals surface area (Å²) in [5, 5.41) is 2.93. The predicted octanol–water partition coefficient (Wildman–Crippen LogP) is 0.837. The largest absolute Gasteiger partial charge is 0.394 e. The maximum atomic E-state index is 3.65. The van der Waals surface area contributed by atoms with Crippen molar-refractivity contribution >= 4 is 0 Å². The Balaban J connectivity index is 3.28. The highest BCUT2D eigenvalue weighted by atomic mass is 15.1. The van der Waals surface area contributed by atoms with Crippen molar-refractivity contribution in [3.8, 4) is 0 Å². The van der Waals surface area contributed by atoms with Crippen molar-refractivity contribution in [1.82, 2.24) is 10.2 Å². The Morgan fingerprint density at radius 2 is 2.20 bits per heavy atom. The van der Waals surface area contributed by atoms with E-state index in [2.05, 4.69) is 29.9 Å². The number of likely N-dealkylation sites (N-methyl/N-ethyl adjacent to an activating group) is 1. The van der Waals surface area contributed by atoms with E-state index in [1.807, 2.05) is 19.3 Å². The second-order valence-electron chi connectivity index (χ2n) is 2.20. The van der Waals surface area contributed by atoms with Crippen molar-refractivity contribution in [3.05, 3.63) is 24.9 Å². The van der Waals surface area contributed by atoms with Crippen LogP contribution in [0.4, 0.5) is 0 Å². The second-order valence-corrected chi connectivity index (χ2v) is 2.20. The van der Waals surface area contributed by atoms with E-state index in [-0.39, 0.29) is 0 Å². The normalized spacial score (nSPS) is 10.7. The molecule has 0 heterocycles. The van der Waals surface area contributed by atoms with Gasteiger partial charge in [-0.15, -0.1) is 6.58 Å². The third kappa shape index (κ3) is 5.38. The Morgan fingerprint density at radius 1 is 1.50 bits per heavy atom. The van der Waals surface area contributed by atoms with Crippen LogP contribution in [0.25, 0.3) is 0 Å². The maximum Gasteiger partial charge on any atom is 0.0180 e. The minimum absolute atomic E-state index is 0.939. The van der Waals surface area contributed by atoms with Gasteiger partial charge in [-0.25, -0.2) is 0 Å². The van der Waals surface area contributed by atoms with Gasteiger partial charge in [0.15, 0.2) is 0 Å². The molecule has 0 aliphatic carbocycles. The van der Waals surface area contributed by atoms with Crippen LogP contribution in [0.1, 0.15) is 0 Å². The molecule has 58 valence electrons. The monoisotopic (exact) mass is 140 g/mol. The van der Waals surface area contributed by atoms with Crippen LogP contribution < -0.4 is 5.32 Å². The van der Waals surface area contributed by atoms with Crippen molar-refractivity contribution in [2.24, 2.45) is 0 Å². The molecule has 1 N–H and O–H groups in total. The van der Waals surface area contributed by atoms with E-state index in [4.69, 9.17) is 0 Å². The number of nitrogens with one attached hydrogen (secondary N) is 1. The van der Waals surface area contributed by atoms with E-state index in [0.717, 1.165) is 13.1 Å². The Hall–Kier alpha value is -0.760. The Bertz CT molecular complexity index is 108. The molecule has 0 aliphatic heterocycles. The zero-order valence-corrected chi connectivity index (χ0v) is 6.80. The predicted molar refractivity (Wildman–Crippen MR) is 45.9 cm³/mol. The molecule has 0 aromatic heterocycles. The quantitative estimate of drug-likeness (QED) is 0.569. The topological polar surface area (TPSA) is 15.3 Å². The van der Waals surface area contributed by atoms with Gasteiger partial charge in [0.05, 0.1) is 0 Å². The minimum Gasteiger partial charge on any atom is -0.394 e. The minimum atomic E-state index is 0.939. The summed E-state index contributed by atoms with van der Waals surface area (Å²) in [5.41, 5.74) is 0. The van der Waals surface area contributed by atoms with Crippen LogP contribution in [-0.4, -0.2) is 32.1 Å². The van der Waals surface area contributed by atoms with Crippen LogP contribution >= 0.6 is 0 Å². The third-order valence-electron chi connectivity index (χ3n) is 1.14. The molecular formula is C8H16N2. The first-order valence-electron chi connectivity index (χ1n) is 3.43. The van der Waals surface area contributed by atoms with E-state index in [0.29, 0.717) is 0 Å².